The van der Waals surface area contributed by atoms with Crippen LogP contribution in [-0.2, 0) is 4.79 Å². The molecule has 0 fully saturated rings. The molecule has 0 aromatic heterocycles. The van der Waals surface area contributed by atoms with Crippen molar-refractivity contribution in [2.45, 2.75) is 13.8 Å². The lowest BCUT2D eigenvalue weighted by Crippen LogP contribution is -2.36. The van der Waals surface area contributed by atoms with Crippen LogP contribution < -0.4 is 10.6 Å². The van der Waals surface area contributed by atoms with E-state index < -0.39 is 0 Å². The fourth-order valence-electron chi connectivity index (χ4n) is 0.859. The third kappa shape index (κ3) is 4.32. The Labute approximate surface area is 62.2 Å². The van der Waals surface area contributed by atoms with Crippen LogP contribution in [0.1, 0.15) is 13.8 Å². The van der Waals surface area contributed by atoms with Gasteiger partial charge in [0.2, 0.25) is 6.41 Å². The highest BCUT2D eigenvalue weighted by atomic mass is 16.1. The molecule has 0 aliphatic carbocycles. The van der Waals surface area contributed by atoms with Gasteiger partial charge in [0.1, 0.15) is 0 Å². The van der Waals surface area contributed by atoms with Gasteiger partial charge in [-0.2, -0.15) is 0 Å². The maximum absolute atomic E-state index is 9.92. The second kappa shape index (κ2) is 4.28. The maximum atomic E-state index is 9.92. The molecule has 0 atom stereocenters. The first-order chi connectivity index (χ1) is 4.62. The third-order valence-corrected chi connectivity index (χ3v) is 1.32. The Balaban J connectivity index is 3.51. The Kier molecular flexibility index (Phi) is 4.03. The zero-order chi connectivity index (χ0) is 8.04. The Hall–Kier alpha value is -0.570. The van der Waals surface area contributed by atoms with Crippen molar-refractivity contribution in [3.05, 3.63) is 0 Å². The standard InChI is InChI=1S/C7H16N2O/c1-7(2,4-8-3)5-9-6-10/h6,8H,4-5H2,1-3H3,(H,9,10). The molecule has 3 heteroatoms. The van der Waals surface area contributed by atoms with Crippen LogP contribution in [0.25, 0.3) is 0 Å². The molecule has 10 heavy (non-hydrogen) atoms. The Bertz CT molecular complexity index is 102. The van der Waals surface area contributed by atoms with Crippen LogP contribution in [0.4, 0.5) is 0 Å². The minimum atomic E-state index is 0.148. The summed E-state index contributed by atoms with van der Waals surface area (Å²) in [6.45, 7) is 5.82. The van der Waals surface area contributed by atoms with Crippen molar-refractivity contribution in [2.75, 3.05) is 20.1 Å². The van der Waals surface area contributed by atoms with E-state index in [1.807, 2.05) is 7.05 Å². The van der Waals surface area contributed by atoms with Gasteiger partial charge in [0.15, 0.2) is 0 Å². The molecular weight excluding hydrogens is 128 g/mol. The van der Waals surface area contributed by atoms with Crippen LogP contribution >= 0.6 is 0 Å². The summed E-state index contributed by atoms with van der Waals surface area (Å²) >= 11 is 0. The maximum Gasteiger partial charge on any atom is 0.207 e. The Morgan fingerprint density at radius 3 is 2.40 bits per heavy atom. The van der Waals surface area contributed by atoms with Crippen molar-refractivity contribution < 1.29 is 4.79 Å². The molecule has 1 amide bonds. The monoisotopic (exact) mass is 144 g/mol. The third-order valence-electron chi connectivity index (χ3n) is 1.32. The van der Waals surface area contributed by atoms with Crippen molar-refractivity contribution in [3.63, 3.8) is 0 Å². The van der Waals surface area contributed by atoms with Crippen molar-refractivity contribution in [3.8, 4) is 0 Å². The fourth-order valence-corrected chi connectivity index (χ4v) is 0.859. The van der Waals surface area contributed by atoms with E-state index >= 15 is 0 Å². The molecular formula is C7H16N2O. The van der Waals surface area contributed by atoms with Crippen LogP contribution in [0.5, 0.6) is 0 Å². The van der Waals surface area contributed by atoms with Gasteiger partial charge in [-0.3, -0.25) is 4.79 Å². The van der Waals surface area contributed by atoms with Crippen molar-refractivity contribution in [1.82, 2.24) is 10.6 Å². The number of rotatable bonds is 5. The van der Waals surface area contributed by atoms with Gasteiger partial charge in [-0.1, -0.05) is 13.8 Å². The summed E-state index contributed by atoms with van der Waals surface area (Å²) in [6, 6.07) is 0. The van der Waals surface area contributed by atoms with E-state index in [1.54, 1.807) is 0 Å². The number of hydrogen-bond acceptors (Lipinski definition) is 2. The highest BCUT2D eigenvalue weighted by Crippen LogP contribution is 2.10. The van der Waals surface area contributed by atoms with Gasteiger partial charge < -0.3 is 10.6 Å². The minimum Gasteiger partial charge on any atom is -0.358 e. The van der Waals surface area contributed by atoms with E-state index in [4.69, 9.17) is 0 Å². The molecule has 0 rings (SSSR count). The summed E-state index contributed by atoms with van der Waals surface area (Å²) in [6.07, 6.45) is 0.734. The molecule has 3 nitrogen and oxygen atoms in total. The largest absolute Gasteiger partial charge is 0.358 e. The number of amides is 1. The second-order valence-corrected chi connectivity index (χ2v) is 3.19. The van der Waals surface area contributed by atoms with Crippen LogP contribution in [0.15, 0.2) is 0 Å². The van der Waals surface area contributed by atoms with E-state index in [0.717, 1.165) is 19.5 Å². The lowest BCUT2D eigenvalue weighted by molar-refractivity contribution is -0.109. The SMILES string of the molecule is CNCC(C)(C)CNC=O. The molecule has 0 bridgehead atoms. The minimum absolute atomic E-state index is 0.148. The quantitative estimate of drug-likeness (QED) is 0.532. The molecule has 0 aromatic carbocycles. The van der Waals surface area contributed by atoms with Gasteiger partial charge in [0, 0.05) is 13.1 Å². The van der Waals surface area contributed by atoms with Crippen LogP contribution in [0.3, 0.4) is 0 Å². The molecule has 0 aliphatic rings. The predicted molar refractivity (Wildman–Crippen MR) is 41.8 cm³/mol. The summed E-state index contributed by atoms with van der Waals surface area (Å²) in [5, 5.41) is 5.71. The molecule has 0 saturated heterocycles. The number of carbonyl (C=O) groups is 1. The van der Waals surface area contributed by atoms with Gasteiger partial charge in [-0.05, 0) is 12.5 Å². The molecule has 0 heterocycles. The lowest BCUT2D eigenvalue weighted by Gasteiger charge is -2.22. The second-order valence-electron chi connectivity index (χ2n) is 3.19. The molecule has 0 aliphatic heterocycles. The topological polar surface area (TPSA) is 41.1 Å². The van der Waals surface area contributed by atoms with Gasteiger partial charge in [0.05, 0.1) is 0 Å². The molecule has 0 radical (unpaired) electrons. The normalized spacial score (nSPS) is 11.1. The summed E-state index contributed by atoms with van der Waals surface area (Å²) in [7, 11) is 1.91. The van der Waals surface area contributed by atoms with Crippen molar-refractivity contribution in [1.29, 1.82) is 0 Å². The van der Waals surface area contributed by atoms with Crippen LogP contribution in [0.2, 0.25) is 0 Å². The summed E-state index contributed by atoms with van der Waals surface area (Å²) in [5.41, 5.74) is 0.148. The summed E-state index contributed by atoms with van der Waals surface area (Å²) in [5.74, 6) is 0. The number of nitrogens with one attached hydrogen (secondary N) is 2. The van der Waals surface area contributed by atoms with E-state index in [9.17, 15) is 4.79 Å². The first-order valence-electron chi connectivity index (χ1n) is 3.44. The first kappa shape index (κ1) is 9.43. The molecule has 0 aromatic rings. The lowest BCUT2D eigenvalue weighted by atomic mass is 9.94. The molecule has 60 valence electrons. The van der Waals surface area contributed by atoms with E-state index in [-0.39, 0.29) is 5.41 Å². The van der Waals surface area contributed by atoms with E-state index in [0.29, 0.717) is 0 Å². The van der Waals surface area contributed by atoms with Crippen molar-refractivity contribution >= 4 is 6.41 Å². The van der Waals surface area contributed by atoms with Gasteiger partial charge in [0.25, 0.3) is 0 Å². The van der Waals surface area contributed by atoms with Crippen molar-refractivity contribution in [2.24, 2.45) is 5.41 Å². The Morgan fingerprint density at radius 2 is 2.00 bits per heavy atom. The smallest absolute Gasteiger partial charge is 0.207 e. The zero-order valence-electron chi connectivity index (χ0n) is 6.90. The van der Waals surface area contributed by atoms with Gasteiger partial charge >= 0.3 is 0 Å². The van der Waals surface area contributed by atoms with Crippen LogP contribution in [0, 0.1) is 5.41 Å². The fraction of sp³-hybridized carbons (Fsp3) is 0.857. The number of hydrogen-bond donors (Lipinski definition) is 2. The average Bonchev–Trinajstić information content (AvgIpc) is 1.84. The summed E-state index contributed by atoms with van der Waals surface area (Å²) < 4.78 is 0. The van der Waals surface area contributed by atoms with Gasteiger partial charge in [-0.15, -0.1) is 0 Å². The number of carbonyl (C=O) groups excluding carboxylic acids is 1. The first-order valence-corrected chi connectivity index (χ1v) is 3.44. The molecule has 2 N–H and O–H groups in total. The highest BCUT2D eigenvalue weighted by molar-refractivity contribution is 5.45. The van der Waals surface area contributed by atoms with Gasteiger partial charge in [-0.25, -0.2) is 0 Å². The molecule has 0 saturated carbocycles. The zero-order valence-corrected chi connectivity index (χ0v) is 6.90. The highest BCUT2D eigenvalue weighted by Gasteiger charge is 2.14. The van der Waals surface area contributed by atoms with E-state index in [1.165, 1.54) is 0 Å². The Morgan fingerprint density at radius 1 is 1.40 bits per heavy atom. The summed E-state index contributed by atoms with van der Waals surface area (Å²) in [4.78, 5) is 9.92. The predicted octanol–water partition coefficient (Wildman–Crippen LogP) is -0.0220. The average molecular weight is 144 g/mol. The molecule has 0 unspecified atom stereocenters. The molecule has 0 spiro atoms. The van der Waals surface area contributed by atoms with Crippen LogP contribution in [-0.4, -0.2) is 26.5 Å². The van der Waals surface area contributed by atoms with E-state index in [2.05, 4.69) is 24.5 Å².